The van der Waals surface area contributed by atoms with E-state index in [1.54, 1.807) is 24.3 Å². The highest BCUT2D eigenvalue weighted by molar-refractivity contribution is 7.91. The first-order valence-corrected chi connectivity index (χ1v) is 11.0. The van der Waals surface area contributed by atoms with Crippen LogP contribution in [0.1, 0.15) is 34.1 Å². The van der Waals surface area contributed by atoms with Crippen LogP contribution in [0.5, 0.6) is 0 Å². The number of sulfone groups is 1. The Hall–Kier alpha value is -3.00. The quantitative estimate of drug-likeness (QED) is 0.645. The van der Waals surface area contributed by atoms with Gasteiger partial charge in [0.2, 0.25) is 5.76 Å². The Morgan fingerprint density at radius 3 is 2.45 bits per heavy atom. The summed E-state index contributed by atoms with van der Waals surface area (Å²) in [4.78, 5) is 28.0. The Morgan fingerprint density at radius 1 is 1.03 bits per heavy atom. The summed E-state index contributed by atoms with van der Waals surface area (Å²) in [6.07, 6.45) is 0.285. The van der Waals surface area contributed by atoms with Crippen LogP contribution < -0.4 is 5.43 Å². The van der Waals surface area contributed by atoms with E-state index < -0.39 is 33.6 Å². The Bertz CT molecular complexity index is 1310. The third kappa shape index (κ3) is 2.78. The summed E-state index contributed by atoms with van der Waals surface area (Å²) in [7, 11) is -3.27. The van der Waals surface area contributed by atoms with Crippen molar-refractivity contribution in [1.29, 1.82) is 0 Å². The molecule has 0 radical (unpaired) electrons. The lowest BCUT2D eigenvalue weighted by Crippen LogP contribution is -2.40. The summed E-state index contributed by atoms with van der Waals surface area (Å²) in [6.45, 7) is 0. The zero-order valence-corrected chi connectivity index (χ0v) is 16.0. The van der Waals surface area contributed by atoms with Crippen LogP contribution in [0.2, 0.25) is 0 Å². The van der Waals surface area contributed by atoms with Crippen LogP contribution >= 0.6 is 0 Å². The lowest BCUT2D eigenvalue weighted by molar-refractivity contribution is 0.0662. The molecule has 2 aliphatic heterocycles. The number of hydrogen-bond donors (Lipinski definition) is 0. The number of nitrogens with zero attached hydrogens (tertiary/aromatic N) is 1. The molecule has 5 rings (SSSR count). The molecule has 0 saturated carbocycles. The molecule has 2 atom stereocenters. The average molecular weight is 413 g/mol. The zero-order chi connectivity index (χ0) is 20.3. The standard InChI is InChI=1S/C21H16FNO5S/c22-13-7-5-12(6-8-13)18-17-19(24)15-3-1-2-4-16(15)28-20(17)21(25)23(18)14-9-10-29(26,27)11-14/h1-8,14,18H,9-11H2/t14-,18-/m0/s1. The minimum Gasteiger partial charge on any atom is -0.450 e. The van der Waals surface area contributed by atoms with Gasteiger partial charge in [-0.1, -0.05) is 24.3 Å². The number of carbonyl (C=O) groups is 1. The fourth-order valence-electron chi connectivity index (χ4n) is 4.28. The van der Waals surface area contributed by atoms with Gasteiger partial charge in [-0.05, 0) is 36.2 Å². The molecule has 0 N–H and O–H groups in total. The molecule has 1 amide bonds. The van der Waals surface area contributed by atoms with Crippen molar-refractivity contribution >= 4 is 26.7 Å². The Kier molecular flexibility index (Phi) is 3.89. The fourth-order valence-corrected chi connectivity index (χ4v) is 5.99. The van der Waals surface area contributed by atoms with Gasteiger partial charge < -0.3 is 9.32 Å². The SMILES string of the molecule is O=C1c2oc3ccccc3c(=O)c2[C@H](c2ccc(F)cc2)N1[C@H]1CCS(=O)(=O)C1. The molecule has 3 aromatic rings. The third-order valence-corrected chi connectivity index (χ3v) is 7.35. The zero-order valence-electron chi connectivity index (χ0n) is 15.2. The van der Waals surface area contributed by atoms with Crippen molar-refractivity contribution in [2.45, 2.75) is 18.5 Å². The van der Waals surface area contributed by atoms with Crippen LogP contribution in [0.15, 0.2) is 57.7 Å². The molecule has 0 aliphatic carbocycles. The molecule has 148 valence electrons. The average Bonchev–Trinajstić information content (AvgIpc) is 3.20. The van der Waals surface area contributed by atoms with E-state index >= 15 is 0 Å². The van der Waals surface area contributed by atoms with Crippen molar-refractivity contribution in [3.8, 4) is 0 Å². The minimum atomic E-state index is -3.27. The van der Waals surface area contributed by atoms with Gasteiger partial charge in [0.15, 0.2) is 15.3 Å². The Labute approximate surface area is 165 Å². The number of benzene rings is 2. The molecular formula is C21H16FNO5S. The maximum atomic E-state index is 13.5. The Balaban J connectivity index is 1.76. The van der Waals surface area contributed by atoms with Crippen molar-refractivity contribution in [3.05, 3.63) is 81.5 Å². The van der Waals surface area contributed by atoms with Gasteiger partial charge in [-0.15, -0.1) is 0 Å². The summed E-state index contributed by atoms with van der Waals surface area (Å²) in [5.41, 5.74) is 0.659. The van der Waals surface area contributed by atoms with Crippen molar-refractivity contribution < 1.29 is 22.0 Å². The summed E-state index contributed by atoms with van der Waals surface area (Å²) in [5.74, 6) is -1.22. The highest BCUT2D eigenvalue weighted by Crippen LogP contribution is 2.41. The maximum absolute atomic E-state index is 13.5. The van der Waals surface area contributed by atoms with Crippen LogP contribution in [-0.2, 0) is 9.84 Å². The smallest absolute Gasteiger partial charge is 0.291 e. The molecule has 1 fully saturated rings. The number of hydrogen-bond acceptors (Lipinski definition) is 5. The van der Waals surface area contributed by atoms with Crippen LogP contribution in [0, 0.1) is 5.82 Å². The topological polar surface area (TPSA) is 84.7 Å². The molecule has 3 heterocycles. The van der Waals surface area contributed by atoms with Gasteiger partial charge in [-0.2, -0.15) is 0 Å². The van der Waals surface area contributed by atoms with E-state index in [1.165, 1.54) is 29.2 Å². The predicted octanol–water partition coefficient (Wildman–Crippen LogP) is 2.66. The van der Waals surface area contributed by atoms with E-state index in [1.807, 2.05) is 0 Å². The first-order chi connectivity index (χ1) is 13.9. The van der Waals surface area contributed by atoms with Crippen LogP contribution in [-0.4, -0.2) is 36.8 Å². The summed E-state index contributed by atoms with van der Waals surface area (Å²) < 4.78 is 43.4. The molecule has 0 unspecified atom stereocenters. The Morgan fingerprint density at radius 2 is 1.76 bits per heavy atom. The number of fused-ring (bicyclic) bond motifs is 2. The second-order valence-corrected chi connectivity index (χ2v) is 9.62. The lowest BCUT2D eigenvalue weighted by atomic mass is 9.97. The molecule has 0 bridgehead atoms. The van der Waals surface area contributed by atoms with E-state index in [2.05, 4.69) is 0 Å². The van der Waals surface area contributed by atoms with Gasteiger partial charge in [-0.25, -0.2) is 12.8 Å². The second kappa shape index (κ2) is 6.25. The van der Waals surface area contributed by atoms with Crippen LogP contribution in [0.4, 0.5) is 4.39 Å². The van der Waals surface area contributed by atoms with Crippen LogP contribution in [0.25, 0.3) is 11.0 Å². The molecule has 1 saturated heterocycles. The lowest BCUT2D eigenvalue weighted by Gasteiger charge is -2.30. The highest BCUT2D eigenvalue weighted by atomic mass is 32.2. The molecule has 2 aliphatic rings. The maximum Gasteiger partial charge on any atom is 0.291 e. The number of para-hydroxylation sites is 1. The summed E-state index contributed by atoms with van der Waals surface area (Å²) in [6, 6.07) is 10.8. The monoisotopic (exact) mass is 413 g/mol. The van der Waals surface area contributed by atoms with E-state index in [9.17, 15) is 22.4 Å². The van der Waals surface area contributed by atoms with Gasteiger partial charge in [0.25, 0.3) is 5.91 Å². The predicted molar refractivity (Wildman–Crippen MR) is 104 cm³/mol. The molecule has 2 aromatic carbocycles. The third-order valence-electron chi connectivity index (χ3n) is 5.60. The van der Waals surface area contributed by atoms with E-state index in [0.29, 0.717) is 16.5 Å². The minimum absolute atomic E-state index is 0.0166. The van der Waals surface area contributed by atoms with Gasteiger partial charge in [-0.3, -0.25) is 9.59 Å². The van der Waals surface area contributed by atoms with Crippen molar-refractivity contribution in [3.63, 3.8) is 0 Å². The normalized spacial score (nSPS) is 22.9. The molecule has 1 aromatic heterocycles. The van der Waals surface area contributed by atoms with Gasteiger partial charge in [0, 0.05) is 6.04 Å². The van der Waals surface area contributed by atoms with Crippen molar-refractivity contribution in [1.82, 2.24) is 4.90 Å². The van der Waals surface area contributed by atoms with Gasteiger partial charge >= 0.3 is 0 Å². The molecule has 0 spiro atoms. The van der Waals surface area contributed by atoms with Gasteiger partial charge in [0.1, 0.15) is 11.4 Å². The number of amides is 1. The van der Waals surface area contributed by atoms with E-state index in [0.717, 1.165) is 0 Å². The number of halogens is 1. The fraction of sp³-hybridized carbons (Fsp3) is 0.238. The number of rotatable bonds is 2. The van der Waals surface area contributed by atoms with Crippen molar-refractivity contribution in [2.75, 3.05) is 11.5 Å². The molecule has 8 heteroatoms. The first kappa shape index (κ1) is 18.1. The summed E-state index contributed by atoms with van der Waals surface area (Å²) >= 11 is 0. The van der Waals surface area contributed by atoms with Crippen LogP contribution in [0.3, 0.4) is 0 Å². The molecule has 29 heavy (non-hydrogen) atoms. The van der Waals surface area contributed by atoms with Crippen molar-refractivity contribution in [2.24, 2.45) is 0 Å². The molecule has 6 nitrogen and oxygen atoms in total. The highest BCUT2D eigenvalue weighted by Gasteiger charge is 2.48. The number of carbonyl (C=O) groups excluding carboxylic acids is 1. The van der Waals surface area contributed by atoms with E-state index in [4.69, 9.17) is 4.42 Å². The summed E-state index contributed by atoms with van der Waals surface area (Å²) in [5, 5.41) is 0.340. The largest absolute Gasteiger partial charge is 0.450 e. The first-order valence-electron chi connectivity index (χ1n) is 9.20. The van der Waals surface area contributed by atoms with Gasteiger partial charge in [0.05, 0.1) is 28.5 Å². The molecular weight excluding hydrogens is 397 g/mol. The second-order valence-electron chi connectivity index (χ2n) is 7.39. The van der Waals surface area contributed by atoms with E-state index in [-0.39, 0.29) is 34.7 Å².